The molecule has 0 unspecified atom stereocenters. The predicted octanol–water partition coefficient (Wildman–Crippen LogP) is 2.81. The van der Waals surface area contributed by atoms with Gasteiger partial charge in [-0.05, 0) is 37.1 Å². The Morgan fingerprint density at radius 2 is 2.19 bits per heavy atom. The molecule has 0 fully saturated rings. The monoisotopic (exact) mass is 376 g/mol. The van der Waals surface area contributed by atoms with Crippen LogP contribution in [0.25, 0.3) is 6.08 Å². The van der Waals surface area contributed by atoms with Crippen LogP contribution >= 0.6 is 11.6 Å². The standard InChI is InChI=1S/C19H21ClN2O4/c1-4-8-26-18-16(20)11-14(12-17(18)25-5-2)10-15(13-21)19(23)22-7-6-9-24-3/h1,10-12H,5-9H2,2-3H3,(H,22,23)/b15-10+. The average Bonchev–Trinajstić information content (AvgIpc) is 2.62. The van der Waals surface area contributed by atoms with E-state index in [1.807, 2.05) is 13.0 Å². The Bertz CT molecular complexity index is 732. The summed E-state index contributed by atoms with van der Waals surface area (Å²) in [5.41, 5.74) is 0.494. The molecule has 0 saturated carbocycles. The molecule has 0 bridgehead atoms. The van der Waals surface area contributed by atoms with E-state index in [9.17, 15) is 10.1 Å². The van der Waals surface area contributed by atoms with Crippen molar-refractivity contribution in [2.24, 2.45) is 0 Å². The van der Waals surface area contributed by atoms with Gasteiger partial charge in [-0.2, -0.15) is 5.26 Å². The van der Waals surface area contributed by atoms with Gasteiger partial charge in [-0.15, -0.1) is 6.42 Å². The van der Waals surface area contributed by atoms with Crippen molar-refractivity contribution in [3.05, 3.63) is 28.3 Å². The number of hydrogen-bond donors (Lipinski definition) is 1. The van der Waals surface area contributed by atoms with Crippen molar-refractivity contribution >= 4 is 23.6 Å². The molecule has 1 rings (SSSR count). The first-order valence-corrected chi connectivity index (χ1v) is 8.36. The molecule has 0 aliphatic heterocycles. The maximum Gasteiger partial charge on any atom is 0.261 e. The SMILES string of the molecule is C#CCOc1c(Cl)cc(/C=C(\C#N)C(=O)NCCCOC)cc1OCC. The van der Waals surface area contributed by atoms with Crippen molar-refractivity contribution in [3.8, 4) is 29.9 Å². The zero-order valence-corrected chi connectivity index (χ0v) is 15.6. The molecule has 0 aliphatic carbocycles. The molecular formula is C19H21ClN2O4. The van der Waals surface area contributed by atoms with Crippen molar-refractivity contribution in [1.82, 2.24) is 5.32 Å². The number of terminal acetylenes is 1. The Morgan fingerprint density at radius 1 is 1.42 bits per heavy atom. The molecule has 6 nitrogen and oxygen atoms in total. The molecule has 0 aliphatic rings. The lowest BCUT2D eigenvalue weighted by molar-refractivity contribution is -0.117. The maximum atomic E-state index is 12.1. The summed E-state index contributed by atoms with van der Waals surface area (Å²) < 4.78 is 15.8. The largest absolute Gasteiger partial charge is 0.490 e. The quantitative estimate of drug-likeness (QED) is 0.294. The Labute approximate surface area is 158 Å². The van der Waals surface area contributed by atoms with Crippen LogP contribution in [0.1, 0.15) is 18.9 Å². The van der Waals surface area contributed by atoms with Crippen molar-refractivity contribution in [1.29, 1.82) is 5.26 Å². The van der Waals surface area contributed by atoms with Crippen LogP contribution in [0.15, 0.2) is 17.7 Å². The highest BCUT2D eigenvalue weighted by Crippen LogP contribution is 2.37. The highest BCUT2D eigenvalue weighted by molar-refractivity contribution is 6.32. The number of nitrogens with zero attached hydrogens (tertiary/aromatic N) is 1. The fourth-order valence-electron chi connectivity index (χ4n) is 2.02. The average molecular weight is 377 g/mol. The highest BCUT2D eigenvalue weighted by Gasteiger charge is 2.14. The molecule has 1 aromatic carbocycles. The minimum Gasteiger partial charge on any atom is -0.490 e. The minimum absolute atomic E-state index is 0.0433. The number of amides is 1. The van der Waals surface area contributed by atoms with Crippen LogP contribution in [0.4, 0.5) is 0 Å². The summed E-state index contributed by atoms with van der Waals surface area (Å²) in [6, 6.07) is 5.10. The second-order valence-corrected chi connectivity index (χ2v) is 5.44. The van der Waals surface area contributed by atoms with E-state index >= 15 is 0 Å². The third-order valence-electron chi connectivity index (χ3n) is 3.12. The predicted molar refractivity (Wildman–Crippen MR) is 100 cm³/mol. The highest BCUT2D eigenvalue weighted by atomic mass is 35.5. The Hall–Kier alpha value is -2.67. The second kappa shape index (κ2) is 11.8. The molecule has 0 atom stereocenters. The number of nitriles is 1. The molecule has 0 radical (unpaired) electrons. The van der Waals surface area contributed by atoms with Crippen LogP contribution in [-0.4, -0.2) is 39.4 Å². The molecule has 1 amide bonds. The van der Waals surface area contributed by atoms with Gasteiger partial charge < -0.3 is 19.5 Å². The summed E-state index contributed by atoms with van der Waals surface area (Å²) in [6.45, 7) is 3.19. The van der Waals surface area contributed by atoms with Gasteiger partial charge in [-0.1, -0.05) is 17.5 Å². The van der Waals surface area contributed by atoms with Crippen LogP contribution in [0.5, 0.6) is 11.5 Å². The zero-order chi connectivity index (χ0) is 19.4. The molecule has 138 valence electrons. The van der Waals surface area contributed by atoms with E-state index in [-0.39, 0.29) is 17.2 Å². The van der Waals surface area contributed by atoms with Crippen molar-refractivity contribution in [2.75, 3.05) is 33.5 Å². The number of rotatable bonds is 10. The first-order chi connectivity index (χ1) is 12.6. The summed E-state index contributed by atoms with van der Waals surface area (Å²) in [6.07, 6.45) is 7.29. The summed E-state index contributed by atoms with van der Waals surface area (Å²) in [7, 11) is 1.58. The number of ether oxygens (including phenoxy) is 3. The van der Waals surface area contributed by atoms with Crippen molar-refractivity contribution < 1.29 is 19.0 Å². The van der Waals surface area contributed by atoms with Crippen molar-refractivity contribution in [2.45, 2.75) is 13.3 Å². The number of nitrogens with one attached hydrogen (secondary N) is 1. The van der Waals surface area contributed by atoms with Gasteiger partial charge in [0, 0.05) is 20.3 Å². The van der Waals surface area contributed by atoms with E-state index in [0.717, 1.165) is 0 Å². The smallest absolute Gasteiger partial charge is 0.261 e. The van der Waals surface area contributed by atoms with Gasteiger partial charge in [-0.3, -0.25) is 4.79 Å². The molecule has 26 heavy (non-hydrogen) atoms. The van der Waals surface area contributed by atoms with E-state index in [0.29, 0.717) is 43.2 Å². The maximum absolute atomic E-state index is 12.1. The van der Waals surface area contributed by atoms with Crippen molar-refractivity contribution in [3.63, 3.8) is 0 Å². The fraction of sp³-hybridized carbons (Fsp3) is 0.368. The first kappa shape index (κ1) is 21.4. The Morgan fingerprint density at radius 3 is 2.81 bits per heavy atom. The molecule has 0 spiro atoms. The molecule has 0 aromatic heterocycles. The van der Waals surface area contributed by atoms with Crippen LogP contribution in [0, 0.1) is 23.7 Å². The van der Waals surface area contributed by atoms with E-state index in [1.54, 1.807) is 19.2 Å². The Kier molecular flexibility index (Phi) is 9.71. The van der Waals surface area contributed by atoms with Gasteiger partial charge in [0.25, 0.3) is 5.91 Å². The minimum atomic E-state index is -0.467. The first-order valence-electron chi connectivity index (χ1n) is 7.98. The lowest BCUT2D eigenvalue weighted by atomic mass is 10.1. The fourth-order valence-corrected chi connectivity index (χ4v) is 2.29. The van der Waals surface area contributed by atoms with Crippen LogP contribution in [0.3, 0.4) is 0 Å². The molecule has 0 heterocycles. The second-order valence-electron chi connectivity index (χ2n) is 5.03. The zero-order valence-electron chi connectivity index (χ0n) is 14.8. The van der Waals surface area contributed by atoms with Crippen LogP contribution < -0.4 is 14.8 Å². The lowest BCUT2D eigenvalue weighted by Gasteiger charge is -2.13. The van der Waals surface area contributed by atoms with Gasteiger partial charge in [0.2, 0.25) is 0 Å². The van der Waals surface area contributed by atoms with Crippen LogP contribution in [0.2, 0.25) is 5.02 Å². The van der Waals surface area contributed by atoms with E-state index in [2.05, 4.69) is 11.2 Å². The Balaban J connectivity index is 3.04. The lowest BCUT2D eigenvalue weighted by Crippen LogP contribution is -2.26. The molecule has 1 aromatic rings. The van der Waals surface area contributed by atoms with E-state index in [1.165, 1.54) is 6.08 Å². The third-order valence-corrected chi connectivity index (χ3v) is 3.40. The van der Waals surface area contributed by atoms with Gasteiger partial charge >= 0.3 is 0 Å². The molecular weight excluding hydrogens is 356 g/mol. The van der Waals surface area contributed by atoms with E-state index < -0.39 is 5.91 Å². The number of benzene rings is 1. The van der Waals surface area contributed by atoms with Gasteiger partial charge in [0.1, 0.15) is 18.2 Å². The number of hydrogen-bond acceptors (Lipinski definition) is 5. The third kappa shape index (κ3) is 6.68. The number of carbonyl (C=O) groups excluding carboxylic acids is 1. The number of methoxy groups -OCH3 is 1. The topological polar surface area (TPSA) is 80.6 Å². The molecule has 1 N–H and O–H groups in total. The normalized spacial score (nSPS) is 10.6. The van der Waals surface area contributed by atoms with Gasteiger partial charge in [0.05, 0.1) is 11.6 Å². The molecule has 0 saturated heterocycles. The summed E-state index contributed by atoms with van der Waals surface area (Å²) in [5, 5.41) is 12.2. The van der Waals surface area contributed by atoms with Crippen LogP contribution in [-0.2, 0) is 9.53 Å². The summed E-state index contributed by atoms with van der Waals surface area (Å²) in [5.74, 6) is 2.60. The summed E-state index contributed by atoms with van der Waals surface area (Å²) >= 11 is 6.23. The molecule has 7 heteroatoms. The van der Waals surface area contributed by atoms with Gasteiger partial charge in [-0.25, -0.2) is 0 Å². The van der Waals surface area contributed by atoms with E-state index in [4.69, 9.17) is 32.2 Å². The number of halogens is 1. The number of carbonyl (C=O) groups is 1. The van der Waals surface area contributed by atoms with Gasteiger partial charge in [0.15, 0.2) is 11.5 Å². The summed E-state index contributed by atoms with van der Waals surface area (Å²) in [4.78, 5) is 12.1.